The van der Waals surface area contributed by atoms with E-state index < -0.39 is 11.6 Å². The summed E-state index contributed by atoms with van der Waals surface area (Å²) in [6, 6.07) is 6.63. The number of carbonyl (C=O) groups is 1. The minimum Gasteiger partial charge on any atom is -0.382 e. The van der Waals surface area contributed by atoms with E-state index in [1.54, 1.807) is 6.20 Å². The molecule has 0 unspecified atom stereocenters. The number of fused-ring (bicyclic) bond motifs is 1. The van der Waals surface area contributed by atoms with Crippen LogP contribution in [0, 0.1) is 18.6 Å². The topological polar surface area (TPSA) is 101 Å². The summed E-state index contributed by atoms with van der Waals surface area (Å²) in [6.45, 7) is 2.88. The van der Waals surface area contributed by atoms with Gasteiger partial charge in [-0.25, -0.2) is 23.7 Å². The number of nitrogen functional groups attached to an aromatic ring is 1. The summed E-state index contributed by atoms with van der Waals surface area (Å²) in [5.74, 6) is -1.48. The number of aryl methyl sites for hydroxylation is 1. The molecule has 10 heteroatoms. The number of rotatable bonds is 5. The van der Waals surface area contributed by atoms with E-state index in [1.165, 1.54) is 12.1 Å². The summed E-state index contributed by atoms with van der Waals surface area (Å²) in [5.41, 5.74) is 9.75. The minimum absolute atomic E-state index is 0.0772. The highest BCUT2D eigenvalue weighted by molar-refractivity contribution is 5.82. The van der Waals surface area contributed by atoms with Crippen LogP contribution in [0.25, 0.3) is 28.2 Å². The number of halogens is 2. The zero-order valence-electron chi connectivity index (χ0n) is 19.4. The van der Waals surface area contributed by atoms with Crippen LogP contribution in [0.5, 0.6) is 0 Å². The Kier molecular flexibility index (Phi) is 5.89. The second kappa shape index (κ2) is 9.03. The van der Waals surface area contributed by atoms with E-state index in [-0.39, 0.29) is 35.6 Å². The number of anilines is 1. The van der Waals surface area contributed by atoms with E-state index in [9.17, 15) is 13.6 Å². The van der Waals surface area contributed by atoms with E-state index in [0.29, 0.717) is 17.0 Å². The summed E-state index contributed by atoms with van der Waals surface area (Å²) in [6.07, 6.45) is 5.35. The van der Waals surface area contributed by atoms with Gasteiger partial charge in [0.1, 0.15) is 28.8 Å². The summed E-state index contributed by atoms with van der Waals surface area (Å²) in [5, 5.41) is 2.90. The maximum Gasteiger partial charge on any atom is 0.237 e. The molecule has 1 aliphatic rings. The molecule has 3 aromatic heterocycles. The quantitative estimate of drug-likeness (QED) is 0.457. The van der Waals surface area contributed by atoms with Crippen molar-refractivity contribution in [3.8, 4) is 22.5 Å². The SMILES string of the molecule is Cc1cnc2ccc(-c3nc(CNC(=O)[C@H]4CCCN4C)c(N)nc3-c3cc(F)cc(F)c3)cn12. The van der Waals surface area contributed by atoms with Crippen molar-refractivity contribution in [3.63, 3.8) is 0 Å². The molecule has 35 heavy (non-hydrogen) atoms. The van der Waals surface area contributed by atoms with E-state index in [0.717, 1.165) is 36.8 Å². The fraction of sp³-hybridized carbons (Fsp3) is 0.280. The molecule has 1 aromatic carbocycles. The van der Waals surface area contributed by atoms with Gasteiger partial charge in [-0.1, -0.05) is 0 Å². The van der Waals surface area contributed by atoms with Crippen molar-refractivity contribution in [1.29, 1.82) is 0 Å². The lowest BCUT2D eigenvalue weighted by Gasteiger charge is -2.19. The number of carbonyl (C=O) groups excluding carboxylic acids is 1. The Morgan fingerprint density at radius 2 is 1.89 bits per heavy atom. The van der Waals surface area contributed by atoms with Gasteiger partial charge >= 0.3 is 0 Å². The van der Waals surface area contributed by atoms with E-state index >= 15 is 0 Å². The van der Waals surface area contributed by atoms with Crippen molar-refractivity contribution in [2.45, 2.75) is 32.4 Å². The summed E-state index contributed by atoms with van der Waals surface area (Å²) >= 11 is 0. The Balaban J connectivity index is 1.58. The maximum absolute atomic E-state index is 14.1. The molecule has 4 heterocycles. The molecule has 1 amide bonds. The fourth-order valence-electron chi connectivity index (χ4n) is 4.48. The number of likely N-dealkylation sites (N-methyl/N-ethyl adjacent to an activating group) is 1. The highest BCUT2D eigenvalue weighted by atomic mass is 19.1. The van der Waals surface area contributed by atoms with Gasteiger partial charge in [-0.15, -0.1) is 0 Å². The van der Waals surface area contributed by atoms with Gasteiger partial charge in [0.2, 0.25) is 5.91 Å². The van der Waals surface area contributed by atoms with Crippen LogP contribution in [0.1, 0.15) is 24.2 Å². The van der Waals surface area contributed by atoms with Crippen LogP contribution >= 0.6 is 0 Å². The maximum atomic E-state index is 14.1. The van der Waals surface area contributed by atoms with Crippen molar-refractivity contribution in [2.75, 3.05) is 19.3 Å². The zero-order chi connectivity index (χ0) is 24.7. The molecule has 0 radical (unpaired) electrons. The van der Waals surface area contributed by atoms with Gasteiger partial charge in [-0.05, 0) is 57.6 Å². The first-order chi connectivity index (χ1) is 16.8. The molecule has 0 aliphatic carbocycles. The predicted molar refractivity (Wildman–Crippen MR) is 128 cm³/mol. The van der Waals surface area contributed by atoms with Crippen LogP contribution in [-0.2, 0) is 11.3 Å². The van der Waals surface area contributed by atoms with Crippen LogP contribution in [0.15, 0.2) is 42.7 Å². The van der Waals surface area contributed by atoms with Crippen molar-refractivity contribution in [1.82, 2.24) is 29.6 Å². The molecule has 1 atom stereocenters. The van der Waals surface area contributed by atoms with E-state index in [2.05, 4.69) is 15.3 Å². The van der Waals surface area contributed by atoms with Crippen LogP contribution in [0.4, 0.5) is 14.6 Å². The lowest BCUT2D eigenvalue weighted by atomic mass is 10.0. The number of hydrogen-bond acceptors (Lipinski definition) is 6. The van der Waals surface area contributed by atoms with Gasteiger partial charge in [-0.3, -0.25) is 9.69 Å². The Hall–Kier alpha value is -3.92. The highest BCUT2D eigenvalue weighted by Gasteiger charge is 2.28. The highest BCUT2D eigenvalue weighted by Crippen LogP contribution is 2.32. The number of nitrogens with zero attached hydrogens (tertiary/aromatic N) is 5. The number of nitrogens with two attached hydrogens (primary N) is 1. The average molecular weight is 478 g/mol. The lowest BCUT2D eigenvalue weighted by molar-refractivity contribution is -0.125. The van der Waals surface area contributed by atoms with Gasteiger partial charge < -0.3 is 15.5 Å². The Morgan fingerprint density at radius 3 is 2.60 bits per heavy atom. The van der Waals surface area contributed by atoms with E-state index in [1.807, 2.05) is 41.6 Å². The molecule has 1 fully saturated rings. The van der Waals surface area contributed by atoms with Gasteiger partial charge in [0, 0.05) is 35.3 Å². The first kappa shape index (κ1) is 22.9. The second-order valence-electron chi connectivity index (χ2n) is 8.81. The van der Waals surface area contributed by atoms with Crippen molar-refractivity contribution < 1.29 is 13.6 Å². The number of nitrogens with one attached hydrogen (secondary N) is 1. The summed E-state index contributed by atoms with van der Waals surface area (Å²) in [4.78, 5) is 28.2. The molecule has 4 aromatic rings. The van der Waals surface area contributed by atoms with Gasteiger partial charge in [0.05, 0.1) is 24.0 Å². The normalized spacial score (nSPS) is 16.2. The van der Waals surface area contributed by atoms with Gasteiger partial charge in [0.15, 0.2) is 0 Å². The van der Waals surface area contributed by atoms with Crippen LogP contribution in [-0.4, -0.2) is 49.8 Å². The van der Waals surface area contributed by atoms with Gasteiger partial charge in [-0.2, -0.15) is 0 Å². The van der Waals surface area contributed by atoms with Crippen molar-refractivity contribution >= 4 is 17.4 Å². The largest absolute Gasteiger partial charge is 0.382 e. The fourth-order valence-corrected chi connectivity index (χ4v) is 4.48. The van der Waals surface area contributed by atoms with Crippen LogP contribution in [0.2, 0.25) is 0 Å². The number of imidazole rings is 1. The number of pyridine rings is 1. The van der Waals surface area contributed by atoms with Gasteiger partial charge in [0.25, 0.3) is 0 Å². The number of amides is 1. The van der Waals surface area contributed by atoms with Crippen molar-refractivity contribution in [2.24, 2.45) is 0 Å². The molecule has 5 rings (SSSR count). The number of hydrogen-bond donors (Lipinski definition) is 2. The third-order valence-corrected chi connectivity index (χ3v) is 6.35. The summed E-state index contributed by atoms with van der Waals surface area (Å²) in [7, 11) is 1.92. The smallest absolute Gasteiger partial charge is 0.237 e. The Morgan fingerprint density at radius 1 is 1.14 bits per heavy atom. The summed E-state index contributed by atoms with van der Waals surface area (Å²) < 4.78 is 30.0. The first-order valence-corrected chi connectivity index (χ1v) is 11.3. The molecule has 8 nitrogen and oxygen atoms in total. The third kappa shape index (κ3) is 4.44. The molecule has 0 spiro atoms. The number of aromatic nitrogens is 4. The second-order valence-corrected chi connectivity index (χ2v) is 8.81. The molecule has 3 N–H and O–H groups in total. The number of benzene rings is 1. The monoisotopic (exact) mass is 477 g/mol. The molecule has 1 aliphatic heterocycles. The third-order valence-electron chi connectivity index (χ3n) is 6.35. The first-order valence-electron chi connectivity index (χ1n) is 11.3. The lowest BCUT2D eigenvalue weighted by Crippen LogP contribution is -2.41. The zero-order valence-corrected chi connectivity index (χ0v) is 19.4. The Bertz CT molecular complexity index is 1410. The molecule has 1 saturated heterocycles. The van der Waals surface area contributed by atoms with Crippen LogP contribution in [0.3, 0.4) is 0 Å². The molecule has 180 valence electrons. The van der Waals surface area contributed by atoms with Crippen molar-refractivity contribution in [3.05, 3.63) is 65.7 Å². The van der Waals surface area contributed by atoms with Crippen LogP contribution < -0.4 is 11.1 Å². The predicted octanol–water partition coefficient (Wildman–Crippen LogP) is 3.34. The molecular weight excluding hydrogens is 452 g/mol. The molecule has 0 bridgehead atoms. The minimum atomic E-state index is -0.732. The standard InChI is InChI=1S/C25H25F2N7O/c1-14-11-29-21-6-5-15(13-34(14)21)22-23(16-8-17(26)10-18(27)9-16)32-24(28)19(31-22)12-30-25(35)20-4-3-7-33(20)2/h5-6,8-11,13,20H,3-4,7,12H2,1-2H3,(H2,28,32)(H,30,35)/t20-/m1/s1. The van der Waals surface area contributed by atoms with E-state index in [4.69, 9.17) is 10.7 Å². The molecular formula is C25H25F2N7O. The number of likely N-dealkylation sites (tertiary alicyclic amines) is 1. The average Bonchev–Trinajstić information content (AvgIpc) is 3.42. The Labute approximate surface area is 200 Å². The molecule has 0 saturated carbocycles.